The molecule has 43 heavy (non-hydrogen) atoms. The van der Waals surface area contributed by atoms with E-state index in [9.17, 15) is 14.7 Å². The zero-order valence-electron chi connectivity index (χ0n) is 25.2. The maximum Gasteiger partial charge on any atom is 0.251 e. The Balaban J connectivity index is 1.46. The van der Waals surface area contributed by atoms with Gasteiger partial charge in [-0.25, -0.2) is 0 Å². The molecule has 0 aliphatic heterocycles. The molecule has 0 aliphatic carbocycles. The molecule has 0 unspecified atom stereocenters. The maximum absolute atomic E-state index is 13.5. The van der Waals surface area contributed by atoms with Crippen LogP contribution in [0.15, 0.2) is 109 Å². The minimum Gasteiger partial charge on any atom is -0.497 e. The van der Waals surface area contributed by atoms with Crippen molar-refractivity contribution in [2.75, 3.05) is 20.7 Å². The zero-order chi connectivity index (χ0) is 30.8. The summed E-state index contributed by atoms with van der Waals surface area (Å²) < 4.78 is 5.30. The van der Waals surface area contributed by atoms with Crippen molar-refractivity contribution in [3.8, 4) is 5.75 Å². The molecule has 7 nitrogen and oxygen atoms in total. The number of likely N-dealkylation sites (N-methyl/N-ethyl adjacent to an activating group) is 1. The van der Waals surface area contributed by atoms with Crippen LogP contribution in [-0.4, -0.2) is 54.7 Å². The lowest BCUT2D eigenvalue weighted by molar-refractivity contribution is 0.0656. The van der Waals surface area contributed by atoms with Gasteiger partial charge in [0.25, 0.3) is 11.8 Å². The number of benzene rings is 4. The second kappa shape index (κ2) is 15.1. The molecular weight excluding hydrogens is 538 g/mol. The number of aliphatic hydroxyl groups is 1. The minimum absolute atomic E-state index is 0.0819. The number of rotatable bonds is 13. The molecule has 2 amide bonds. The summed E-state index contributed by atoms with van der Waals surface area (Å²) in [5.41, 5.74) is 3.78. The maximum atomic E-state index is 13.5. The molecule has 7 heteroatoms. The lowest BCUT2D eigenvalue weighted by Crippen LogP contribution is -2.49. The molecule has 0 spiro atoms. The van der Waals surface area contributed by atoms with Gasteiger partial charge in [0.2, 0.25) is 0 Å². The molecule has 4 atom stereocenters. The summed E-state index contributed by atoms with van der Waals surface area (Å²) >= 11 is 0. The molecule has 0 radical (unpaired) electrons. The van der Waals surface area contributed by atoms with E-state index in [1.807, 2.05) is 86.8 Å². The summed E-state index contributed by atoms with van der Waals surface area (Å²) in [7, 11) is 3.57. The van der Waals surface area contributed by atoms with Crippen molar-refractivity contribution in [3.05, 3.63) is 137 Å². The summed E-state index contributed by atoms with van der Waals surface area (Å²) in [6.45, 7) is 4.35. The molecule has 0 heterocycles. The third-order valence-corrected chi connectivity index (χ3v) is 7.83. The van der Waals surface area contributed by atoms with Crippen LogP contribution in [0.25, 0.3) is 0 Å². The number of carbonyl (C=O) groups is 2. The summed E-state index contributed by atoms with van der Waals surface area (Å²) in [6.07, 6.45) is -0.380. The second-order valence-electron chi connectivity index (χ2n) is 10.9. The first-order chi connectivity index (χ1) is 20.7. The van der Waals surface area contributed by atoms with Crippen molar-refractivity contribution in [1.29, 1.82) is 0 Å². The molecule has 4 aromatic carbocycles. The number of aliphatic hydroxyl groups excluding tert-OH is 1. The van der Waals surface area contributed by atoms with Crippen LogP contribution in [0.4, 0.5) is 0 Å². The molecule has 0 saturated carbocycles. The van der Waals surface area contributed by atoms with E-state index < -0.39 is 12.1 Å². The molecule has 224 valence electrons. The van der Waals surface area contributed by atoms with Crippen molar-refractivity contribution in [1.82, 2.24) is 15.5 Å². The Hall–Kier alpha value is -4.46. The van der Waals surface area contributed by atoms with Crippen molar-refractivity contribution < 1.29 is 19.4 Å². The molecular formula is C36H41N3O4. The van der Waals surface area contributed by atoms with Crippen LogP contribution in [0.1, 0.15) is 63.3 Å². The van der Waals surface area contributed by atoms with Crippen LogP contribution in [0.2, 0.25) is 0 Å². The third kappa shape index (κ3) is 8.77. The fourth-order valence-electron chi connectivity index (χ4n) is 5.05. The number of hydrogen-bond acceptors (Lipinski definition) is 5. The van der Waals surface area contributed by atoms with Crippen LogP contribution < -0.4 is 15.4 Å². The Kier molecular flexibility index (Phi) is 11.1. The lowest BCUT2D eigenvalue weighted by atomic mass is 9.99. The number of nitrogens with one attached hydrogen (secondary N) is 2. The Morgan fingerprint density at radius 2 is 1.35 bits per heavy atom. The van der Waals surface area contributed by atoms with Gasteiger partial charge in [0, 0.05) is 23.7 Å². The number of amides is 2. The van der Waals surface area contributed by atoms with Gasteiger partial charge in [0.05, 0.1) is 25.3 Å². The Morgan fingerprint density at radius 1 is 0.767 bits per heavy atom. The third-order valence-electron chi connectivity index (χ3n) is 7.83. The van der Waals surface area contributed by atoms with Gasteiger partial charge in [-0.3, -0.25) is 14.5 Å². The second-order valence-corrected chi connectivity index (χ2v) is 10.9. The van der Waals surface area contributed by atoms with Crippen LogP contribution in [0.5, 0.6) is 5.75 Å². The Bertz CT molecular complexity index is 1480. The van der Waals surface area contributed by atoms with Gasteiger partial charge in [-0.15, -0.1) is 0 Å². The van der Waals surface area contributed by atoms with E-state index in [-0.39, 0.29) is 23.9 Å². The first-order valence-corrected chi connectivity index (χ1v) is 14.6. The summed E-state index contributed by atoms with van der Waals surface area (Å²) in [6, 6.07) is 33.3. The van der Waals surface area contributed by atoms with Crippen molar-refractivity contribution >= 4 is 11.8 Å². The SMILES string of the molecule is COc1cccc([C@@H](C)NC(=O)c2cccc(C(=O)N[C@@H](Cc3ccccc3)[C@H](O)CN(C)[C@@H](C)c3ccccc3)c2)c1. The van der Waals surface area contributed by atoms with Gasteiger partial charge in [-0.1, -0.05) is 78.9 Å². The highest BCUT2D eigenvalue weighted by molar-refractivity contribution is 5.99. The van der Waals surface area contributed by atoms with E-state index >= 15 is 0 Å². The Labute approximate surface area is 254 Å². The van der Waals surface area contributed by atoms with Crippen LogP contribution in [-0.2, 0) is 6.42 Å². The van der Waals surface area contributed by atoms with Crippen molar-refractivity contribution in [2.24, 2.45) is 0 Å². The highest BCUT2D eigenvalue weighted by Gasteiger charge is 2.26. The van der Waals surface area contributed by atoms with Gasteiger partial charge in [0.1, 0.15) is 5.75 Å². The fourth-order valence-corrected chi connectivity index (χ4v) is 5.05. The number of ether oxygens (including phenoxy) is 1. The average Bonchev–Trinajstić information content (AvgIpc) is 3.04. The summed E-state index contributed by atoms with van der Waals surface area (Å²) in [5.74, 6) is 0.0711. The van der Waals surface area contributed by atoms with Gasteiger partial charge in [-0.2, -0.15) is 0 Å². The first-order valence-electron chi connectivity index (χ1n) is 14.6. The monoisotopic (exact) mass is 579 g/mol. The van der Waals surface area contributed by atoms with E-state index in [1.165, 1.54) is 0 Å². The van der Waals surface area contributed by atoms with Gasteiger partial charge in [0.15, 0.2) is 0 Å². The molecule has 3 N–H and O–H groups in total. The molecule has 0 fully saturated rings. The highest BCUT2D eigenvalue weighted by Crippen LogP contribution is 2.21. The smallest absolute Gasteiger partial charge is 0.251 e. The van der Waals surface area contributed by atoms with Crippen LogP contribution >= 0.6 is 0 Å². The minimum atomic E-state index is -0.837. The molecule has 4 rings (SSSR count). The quantitative estimate of drug-likeness (QED) is 0.192. The normalized spacial score (nSPS) is 13.9. The lowest BCUT2D eigenvalue weighted by Gasteiger charge is -2.31. The van der Waals surface area contributed by atoms with E-state index in [0.29, 0.717) is 29.8 Å². The van der Waals surface area contributed by atoms with Gasteiger partial charge >= 0.3 is 0 Å². The van der Waals surface area contributed by atoms with E-state index in [0.717, 1.165) is 16.7 Å². The predicted molar refractivity (Wildman–Crippen MR) is 170 cm³/mol. The predicted octanol–water partition coefficient (Wildman–Crippen LogP) is 5.58. The van der Waals surface area contributed by atoms with Gasteiger partial charge in [-0.05, 0) is 74.3 Å². The number of hydrogen-bond donors (Lipinski definition) is 3. The zero-order valence-corrected chi connectivity index (χ0v) is 25.2. The van der Waals surface area contributed by atoms with Crippen LogP contribution in [0, 0.1) is 0 Å². The highest BCUT2D eigenvalue weighted by atomic mass is 16.5. The largest absolute Gasteiger partial charge is 0.497 e. The average molecular weight is 580 g/mol. The molecule has 4 aromatic rings. The Morgan fingerprint density at radius 3 is 2.00 bits per heavy atom. The van der Waals surface area contributed by atoms with Gasteiger partial charge < -0.3 is 20.5 Å². The molecule has 0 bridgehead atoms. The standard InChI is InChI=1S/C36H41N3O4/c1-25(29-17-12-20-32(23-29)43-4)37-35(41)30-18-11-19-31(22-30)36(42)38-33(21-27-13-7-5-8-14-27)34(40)24-39(3)26(2)28-15-9-6-10-16-28/h5-20,22-23,25-26,33-34,40H,21,24H2,1-4H3,(H,37,41)(H,38,42)/t25-,26+,33+,34-/m1/s1. The van der Waals surface area contributed by atoms with E-state index in [4.69, 9.17) is 4.74 Å². The summed E-state index contributed by atoms with van der Waals surface area (Å²) in [4.78, 5) is 28.7. The summed E-state index contributed by atoms with van der Waals surface area (Å²) in [5, 5.41) is 17.4. The molecule has 0 saturated heterocycles. The number of methoxy groups -OCH3 is 1. The molecule has 0 aromatic heterocycles. The molecule has 0 aliphatic rings. The van der Waals surface area contributed by atoms with Crippen molar-refractivity contribution in [2.45, 2.75) is 44.5 Å². The van der Waals surface area contributed by atoms with Crippen LogP contribution in [0.3, 0.4) is 0 Å². The first kappa shape index (κ1) is 31.5. The van der Waals surface area contributed by atoms with E-state index in [2.05, 4.69) is 34.6 Å². The van der Waals surface area contributed by atoms with Crippen molar-refractivity contribution in [3.63, 3.8) is 0 Å². The topological polar surface area (TPSA) is 90.9 Å². The van der Waals surface area contributed by atoms with E-state index in [1.54, 1.807) is 31.4 Å². The number of nitrogens with zero attached hydrogens (tertiary/aromatic N) is 1. The number of carbonyl (C=O) groups excluding carboxylic acids is 2. The fraction of sp³-hybridized carbons (Fsp3) is 0.278.